The first-order chi connectivity index (χ1) is 1.41. The molecule has 0 atom stereocenters. The molecule has 0 amide bonds. The summed E-state index contributed by atoms with van der Waals surface area (Å²) >= 11 is -0.972. The summed E-state index contributed by atoms with van der Waals surface area (Å²) in [7, 11) is 9.92. The summed E-state index contributed by atoms with van der Waals surface area (Å²) in [5.41, 5.74) is 0. The first-order valence-electron chi connectivity index (χ1n) is 0.378. The Kier molecular flexibility index (Phi) is 21.5. The molecule has 0 aromatic carbocycles. The van der Waals surface area contributed by atoms with Crippen LogP contribution in [0.2, 0.25) is 0 Å². The molecule has 0 bridgehead atoms. The van der Waals surface area contributed by atoms with Crippen molar-refractivity contribution in [1.29, 1.82) is 0 Å². The van der Waals surface area contributed by atoms with Crippen LogP contribution in [0.4, 0.5) is 0 Å². The van der Waals surface area contributed by atoms with Gasteiger partial charge in [0.15, 0.2) is 0 Å². The summed E-state index contributed by atoms with van der Waals surface area (Å²) in [6.45, 7) is 0. The molecule has 22 valence electrons. The van der Waals surface area contributed by atoms with Crippen molar-refractivity contribution < 1.29 is 2.85 Å². The molecule has 0 N–H and O–H groups in total. The predicted molar refractivity (Wildman–Crippen MR) is 25.4 cm³/mol. The van der Waals surface area contributed by atoms with Gasteiger partial charge in [0, 0.05) is 0 Å². The second kappa shape index (κ2) is 8.99. The fraction of sp³-hybridized carbons (Fsp3) is 0. The van der Waals surface area contributed by atoms with Crippen molar-refractivity contribution in [2.75, 3.05) is 0 Å². The predicted octanol–water partition coefficient (Wildman–Crippen LogP) is 0.842. The van der Waals surface area contributed by atoms with Crippen LogP contribution in [-0.2, 0) is 0 Å². The van der Waals surface area contributed by atoms with Crippen molar-refractivity contribution in [3.05, 3.63) is 0 Å². The van der Waals surface area contributed by atoms with E-state index in [1.165, 1.54) is 0 Å². The molecule has 4 heavy (non-hydrogen) atoms. The van der Waals surface area contributed by atoms with Gasteiger partial charge in [0.1, 0.15) is 0 Å². The third-order valence-corrected chi connectivity index (χ3v) is 0. The van der Waals surface area contributed by atoms with Crippen molar-refractivity contribution in [2.45, 2.75) is 0 Å². The number of rotatable bonds is 0. The van der Waals surface area contributed by atoms with Gasteiger partial charge >= 0.3 is 61.5 Å². The van der Waals surface area contributed by atoms with Crippen LogP contribution in [-0.4, -0.2) is 44.8 Å². The molecule has 0 aromatic rings. The maximum Gasteiger partial charge on any atom is 2.00 e. The van der Waals surface area contributed by atoms with Crippen molar-refractivity contribution in [1.82, 2.24) is 0 Å². The molecule has 4 heteroatoms. The van der Waals surface area contributed by atoms with Gasteiger partial charge in [-0.15, -0.1) is 0 Å². The Balaban J connectivity index is -0.00000000667. The summed E-state index contributed by atoms with van der Waals surface area (Å²) < 4.78 is 0. The van der Waals surface area contributed by atoms with Crippen LogP contribution in [0.3, 0.4) is 0 Å². The van der Waals surface area contributed by atoms with Crippen LogP contribution in [0.15, 0.2) is 0 Å². The molecule has 0 spiro atoms. The smallest absolute Gasteiger partial charge is 1.00 e. The van der Waals surface area contributed by atoms with E-state index < -0.39 is 21.8 Å². The van der Waals surface area contributed by atoms with Crippen LogP contribution in [0.5, 0.6) is 0 Å². The number of hydrogen-bond acceptors (Lipinski definition) is 0. The van der Waals surface area contributed by atoms with E-state index in [4.69, 9.17) is 16.6 Å². The molecular formula is H2Cl2MgPb. The van der Waals surface area contributed by atoms with E-state index in [-0.39, 0.29) is 25.9 Å². The normalized spacial score (nSPS) is 4.50. The Morgan fingerprint density at radius 2 is 1.50 bits per heavy atom. The van der Waals surface area contributed by atoms with Gasteiger partial charge in [-0.3, -0.25) is 0 Å². The summed E-state index contributed by atoms with van der Waals surface area (Å²) in [6.07, 6.45) is 0. The molecule has 0 unspecified atom stereocenters. The minimum atomic E-state index is -0.972. The van der Waals surface area contributed by atoms with E-state index in [0.717, 1.165) is 0 Å². The Labute approximate surface area is 63.5 Å². The topological polar surface area (TPSA) is 0 Å². The van der Waals surface area contributed by atoms with E-state index in [0.29, 0.717) is 0 Å². The second-order valence-corrected chi connectivity index (χ2v) is 5.64. The summed E-state index contributed by atoms with van der Waals surface area (Å²) in [4.78, 5) is 0. The van der Waals surface area contributed by atoms with Gasteiger partial charge < -0.3 is 2.85 Å². The van der Waals surface area contributed by atoms with E-state index in [1.807, 2.05) is 0 Å². The molecule has 0 rings (SSSR count). The average molecular weight is 304 g/mol. The third kappa shape index (κ3) is 8.86. The quantitative estimate of drug-likeness (QED) is 0.582. The van der Waals surface area contributed by atoms with Gasteiger partial charge in [-0.2, -0.15) is 0 Å². The fourth-order valence-corrected chi connectivity index (χ4v) is 0. The average Bonchev–Trinajstić information content (AvgIpc) is 0.918. The zero-order valence-corrected chi connectivity index (χ0v) is 8.78. The summed E-state index contributed by atoms with van der Waals surface area (Å²) in [6, 6.07) is 0. The first-order valence-corrected chi connectivity index (χ1v) is 9.95. The van der Waals surface area contributed by atoms with E-state index in [2.05, 4.69) is 0 Å². The first kappa shape index (κ1) is 9.55. The molecule has 0 aliphatic carbocycles. The fourth-order valence-electron chi connectivity index (χ4n) is 0. The Hall–Kier alpha value is 2.27. The van der Waals surface area contributed by atoms with Crippen molar-refractivity contribution in [3.63, 3.8) is 0 Å². The molecule has 0 heterocycles. The molecule has 0 aromatic heterocycles. The van der Waals surface area contributed by atoms with Crippen molar-refractivity contribution in [3.8, 4) is 0 Å². The molecule has 0 saturated carbocycles. The molecule has 0 nitrogen and oxygen atoms in total. The Morgan fingerprint density at radius 1 is 1.50 bits per heavy atom. The standard InChI is InChI=1S/2ClH.Mg.Pb.2H/h2*1H;;;;/q;;2*+2;2*-1/p-2. The molecule has 0 saturated heterocycles. The molecule has 0 fully saturated rings. The minimum absolute atomic E-state index is 0. The van der Waals surface area contributed by atoms with Crippen LogP contribution in [0.25, 0.3) is 0 Å². The summed E-state index contributed by atoms with van der Waals surface area (Å²) in [5, 5.41) is 0. The zero-order valence-electron chi connectivity index (χ0n) is 3.96. The van der Waals surface area contributed by atoms with Gasteiger partial charge in [0.05, 0.1) is 0 Å². The number of halogens is 2. The SMILES string of the molecule is [Cl][Pb][Cl].[H-].[H-].[Mg+2]. The van der Waals surface area contributed by atoms with E-state index >= 15 is 0 Å². The zero-order chi connectivity index (χ0) is 2.71. The third-order valence-electron chi connectivity index (χ3n) is 0. The maximum atomic E-state index is 4.96. The summed E-state index contributed by atoms with van der Waals surface area (Å²) in [5.74, 6) is 0. The minimum Gasteiger partial charge on any atom is -1.00 e. The van der Waals surface area contributed by atoms with Crippen LogP contribution < -0.4 is 0 Å². The van der Waals surface area contributed by atoms with Crippen molar-refractivity contribution >= 4 is 61.5 Å². The van der Waals surface area contributed by atoms with Gasteiger partial charge in [-0.1, -0.05) is 0 Å². The van der Waals surface area contributed by atoms with E-state index in [1.54, 1.807) is 0 Å². The second-order valence-electron chi connectivity index (χ2n) is 0.0714. The van der Waals surface area contributed by atoms with Gasteiger partial charge in [-0.25, -0.2) is 0 Å². The van der Waals surface area contributed by atoms with Crippen LogP contribution >= 0.6 is 16.6 Å². The Morgan fingerprint density at radius 3 is 1.50 bits per heavy atom. The monoisotopic (exact) mass is 304 g/mol. The van der Waals surface area contributed by atoms with Gasteiger partial charge in [-0.05, 0) is 0 Å². The van der Waals surface area contributed by atoms with Gasteiger partial charge in [0.25, 0.3) is 0 Å². The molecule has 2 radical (unpaired) electrons. The van der Waals surface area contributed by atoms with Crippen LogP contribution in [0, 0.1) is 0 Å². The number of hydrogen-bond donors (Lipinski definition) is 0. The van der Waals surface area contributed by atoms with Gasteiger partial charge in [0.2, 0.25) is 0 Å². The molecule has 0 aliphatic rings. The van der Waals surface area contributed by atoms with Crippen LogP contribution in [0.1, 0.15) is 2.85 Å². The molecule has 0 aliphatic heterocycles. The largest absolute Gasteiger partial charge is 2.00 e. The van der Waals surface area contributed by atoms with E-state index in [9.17, 15) is 0 Å². The van der Waals surface area contributed by atoms with Crippen molar-refractivity contribution in [2.24, 2.45) is 0 Å². The Bertz CT molecular complexity index is 11.5. The maximum absolute atomic E-state index is 4.96. The molecular weight excluding hydrogens is 302 g/mol.